The Morgan fingerprint density at radius 1 is 1.11 bits per heavy atom. The van der Waals surface area contributed by atoms with Gasteiger partial charge in [0.25, 0.3) is 5.92 Å². The normalized spacial score (nSPS) is 13.3. The summed E-state index contributed by atoms with van der Waals surface area (Å²) in [5.41, 5.74) is 1.01. The summed E-state index contributed by atoms with van der Waals surface area (Å²) in [5.74, 6) is -3.96. The third-order valence-electron chi connectivity index (χ3n) is 4.02. The maximum absolute atomic E-state index is 14.6. The lowest BCUT2D eigenvalue weighted by Gasteiger charge is -2.19. The van der Waals surface area contributed by atoms with Crippen LogP contribution in [-0.4, -0.2) is 16.2 Å². The lowest BCUT2D eigenvalue weighted by atomic mass is 9.97. The van der Waals surface area contributed by atoms with Gasteiger partial charge in [-0.25, -0.2) is 4.39 Å². The van der Waals surface area contributed by atoms with Gasteiger partial charge in [-0.15, -0.1) is 0 Å². The average Bonchev–Trinajstić information content (AvgIpc) is 3.02. The molecule has 3 aromatic rings. The molecule has 7 heteroatoms. The minimum atomic E-state index is -3.59. The lowest BCUT2D eigenvalue weighted by molar-refractivity contribution is -0.0710. The summed E-state index contributed by atoms with van der Waals surface area (Å²) >= 11 is 3.30. The summed E-state index contributed by atoms with van der Waals surface area (Å²) < 4.78 is 48.1. The van der Waals surface area contributed by atoms with Crippen LogP contribution >= 0.6 is 15.9 Å². The largest absolute Gasteiger partial charge is 0.381 e. The molecule has 0 saturated carbocycles. The third kappa shape index (κ3) is 4.31. The van der Waals surface area contributed by atoms with E-state index in [1.807, 2.05) is 0 Å². The van der Waals surface area contributed by atoms with Crippen molar-refractivity contribution in [2.75, 3.05) is 0 Å². The number of aryl methyl sites for hydroxylation is 1. The molecule has 1 atom stereocenters. The van der Waals surface area contributed by atoms with Crippen molar-refractivity contribution in [1.29, 1.82) is 0 Å². The molecular formula is C20H15BrF3NO2. The van der Waals surface area contributed by atoms with Crippen molar-refractivity contribution in [3.63, 3.8) is 0 Å². The molecule has 0 spiro atoms. The van der Waals surface area contributed by atoms with E-state index in [1.165, 1.54) is 31.2 Å². The van der Waals surface area contributed by atoms with Gasteiger partial charge in [0.2, 0.25) is 0 Å². The molecule has 1 aromatic heterocycles. The summed E-state index contributed by atoms with van der Waals surface area (Å²) in [5, 5.41) is 14.1. The maximum Gasteiger partial charge on any atom is 0.296 e. The SMILES string of the molecule is Cc1noc(-c2ccc(Br)cc2)c1C(O)C(F)(F)C=Cc1ccc(F)cc1. The topological polar surface area (TPSA) is 46.3 Å². The van der Waals surface area contributed by atoms with Crippen LogP contribution in [-0.2, 0) is 0 Å². The number of rotatable bonds is 5. The third-order valence-corrected chi connectivity index (χ3v) is 4.55. The molecule has 1 N–H and O–H groups in total. The summed E-state index contributed by atoms with van der Waals surface area (Å²) in [6, 6.07) is 11.9. The second-order valence-electron chi connectivity index (χ2n) is 5.98. The molecule has 1 unspecified atom stereocenters. The Kier molecular flexibility index (Phi) is 5.53. The molecule has 0 saturated heterocycles. The van der Waals surface area contributed by atoms with Crippen LogP contribution in [0, 0.1) is 12.7 Å². The number of benzene rings is 2. The number of nitrogens with zero attached hydrogens (tertiary/aromatic N) is 1. The summed E-state index contributed by atoms with van der Waals surface area (Å²) in [4.78, 5) is 0. The number of aromatic nitrogens is 1. The summed E-state index contributed by atoms with van der Waals surface area (Å²) in [6.45, 7) is 1.49. The second kappa shape index (κ2) is 7.70. The molecule has 0 radical (unpaired) electrons. The zero-order valence-corrected chi connectivity index (χ0v) is 15.8. The molecule has 0 aliphatic rings. The van der Waals surface area contributed by atoms with E-state index in [9.17, 15) is 18.3 Å². The Bertz CT molecular complexity index is 950. The van der Waals surface area contributed by atoms with Crippen LogP contribution in [0.5, 0.6) is 0 Å². The van der Waals surface area contributed by atoms with Gasteiger partial charge in [-0.05, 0) is 42.8 Å². The average molecular weight is 438 g/mol. The highest BCUT2D eigenvalue weighted by Gasteiger charge is 2.40. The van der Waals surface area contributed by atoms with E-state index in [0.29, 0.717) is 17.2 Å². The monoisotopic (exact) mass is 437 g/mol. The molecule has 3 nitrogen and oxygen atoms in total. The standard InChI is InChI=1S/C20H15BrF3NO2/c1-12-17(18(27-25-12)14-4-6-15(21)7-5-14)19(26)20(23,24)11-10-13-2-8-16(22)9-3-13/h2-11,19,26H,1H3. The molecule has 0 fully saturated rings. The van der Waals surface area contributed by atoms with Crippen LogP contribution < -0.4 is 0 Å². The molecule has 0 aliphatic heterocycles. The van der Waals surface area contributed by atoms with Crippen LogP contribution in [0.4, 0.5) is 13.2 Å². The van der Waals surface area contributed by atoms with Crippen molar-refractivity contribution < 1.29 is 22.8 Å². The minimum absolute atomic E-state index is 0.0777. The lowest BCUT2D eigenvalue weighted by Crippen LogP contribution is -2.24. The number of alkyl halides is 2. The van der Waals surface area contributed by atoms with Gasteiger partial charge in [-0.1, -0.05) is 51.4 Å². The molecule has 0 bridgehead atoms. The Hall–Kier alpha value is -2.38. The second-order valence-corrected chi connectivity index (χ2v) is 6.90. The van der Waals surface area contributed by atoms with E-state index in [1.54, 1.807) is 24.3 Å². The van der Waals surface area contributed by atoms with Gasteiger partial charge >= 0.3 is 0 Å². The quantitative estimate of drug-likeness (QED) is 0.537. The van der Waals surface area contributed by atoms with Crippen molar-refractivity contribution >= 4 is 22.0 Å². The fraction of sp³-hybridized carbons (Fsp3) is 0.150. The van der Waals surface area contributed by atoms with Crippen LogP contribution in [0.3, 0.4) is 0 Å². The predicted octanol–water partition coefficient (Wildman–Crippen LogP) is 5.93. The van der Waals surface area contributed by atoms with Crippen LogP contribution in [0.15, 0.2) is 63.6 Å². The first-order chi connectivity index (χ1) is 12.8. The van der Waals surface area contributed by atoms with Crippen LogP contribution in [0.25, 0.3) is 17.4 Å². The van der Waals surface area contributed by atoms with E-state index in [0.717, 1.165) is 10.5 Å². The zero-order chi connectivity index (χ0) is 19.6. The molecule has 140 valence electrons. The van der Waals surface area contributed by atoms with Gasteiger partial charge in [-0.2, -0.15) is 8.78 Å². The highest BCUT2D eigenvalue weighted by atomic mass is 79.9. The fourth-order valence-corrected chi connectivity index (χ4v) is 2.84. The fourth-order valence-electron chi connectivity index (χ4n) is 2.57. The smallest absolute Gasteiger partial charge is 0.296 e. The molecule has 0 aliphatic carbocycles. The van der Waals surface area contributed by atoms with Crippen molar-refractivity contribution in [3.05, 3.63) is 81.7 Å². The van der Waals surface area contributed by atoms with Crippen molar-refractivity contribution in [2.24, 2.45) is 0 Å². The maximum atomic E-state index is 14.6. The van der Waals surface area contributed by atoms with E-state index < -0.39 is 17.8 Å². The van der Waals surface area contributed by atoms with Crippen LogP contribution in [0.2, 0.25) is 0 Å². The van der Waals surface area contributed by atoms with Crippen LogP contribution in [0.1, 0.15) is 22.9 Å². The predicted molar refractivity (Wildman–Crippen MR) is 99.7 cm³/mol. The van der Waals surface area contributed by atoms with Gasteiger partial charge in [0.05, 0.1) is 11.3 Å². The molecule has 1 heterocycles. The van der Waals surface area contributed by atoms with E-state index in [2.05, 4.69) is 21.1 Å². The first kappa shape index (κ1) is 19.4. The van der Waals surface area contributed by atoms with Gasteiger partial charge < -0.3 is 9.63 Å². The number of hydrogen-bond acceptors (Lipinski definition) is 3. The van der Waals surface area contributed by atoms with Gasteiger partial charge in [0.1, 0.15) is 5.82 Å². The number of aliphatic hydroxyl groups excluding tert-OH is 1. The van der Waals surface area contributed by atoms with Gasteiger partial charge in [0.15, 0.2) is 11.9 Å². The Morgan fingerprint density at radius 2 is 1.74 bits per heavy atom. The molecular weight excluding hydrogens is 423 g/mol. The molecule has 3 rings (SSSR count). The summed E-state index contributed by atoms with van der Waals surface area (Å²) in [6.07, 6.45) is -0.438. The Labute approximate surface area is 162 Å². The van der Waals surface area contributed by atoms with Gasteiger partial charge in [-0.3, -0.25) is 0 Å². The van der Waals surface area contributed by atoms with E-state index in [-0.39, 0.29) is 17.0 Å². The first-order valence-electron chi connectivity index (χ1n) is 8.01. The highest BCUT2D eigenvalue weighted by Crippen LogP contribution is 2.40. The number of hydrogen-bond donors (Lipinski definition) is 1. The van der Waals surface area contributed by atoms with Crippen molar-refractivity contribution in [1.82, 2.24) is 5.16 Å². The molecule has 2 aromatic carbocycles. The molecule has 0 amide bonds. The first-order valence-corrected chi connectivity index (χ1v) is 8.80. The summed E-state index contributed by atoms with van der Waals surface area (Å²) in [7, 11) is 0. The van der Waals surface area contributed by atoms with E-state index >= 15 is 0 Å². The van der Waals surface area contributed by atoms with Gasteiger partial charge in [0, 0.05) is 10.0 Å². The van der Waals surface area contributed by atoms with Crippen molar-refractivity contribution in [3.8, 4) is 11.3 Å². The van der Waals surface area contributed by atoms with E-state index in [4.69, 9.17) is 4.52 Å². The number of aliphatic hydroxyl groups is 1. The Morgan fingerprint density at radius 3 is 2.37 bits per heavy atom. The zero-order valence-electron chi connectivity index (χ0n) is 14.2. The number of halogens is 4. The molecule has 27 heavy (non-hydrogen) atoms. The Balaban J connectivity index is 1.92. The highest BCUT2D eigenvalue weighted by molar-refractivity contribution is 9.10. The minimum Gasteiger partial charge on any atom is -0.381 e. The van der Waals surface area contributed by atoms with Crippen molar-refractivity contribution in [2.45, 2.75) is 19.0 Å².